The third kappa shape index (κ3) is 15.7. The van der Waals surface area contributed by atoms with Gasteiger partial charge in [0.1, 0.15) is 6.23 Å². The second-order valence-electron chi connectivity index (χ2n) is 1.93. The molecule has 0 radical (unpaired) electrons. The van der Waals surface area contributed by atoms with E-state index in [1.807, 2.05) is 0 Å². The van der Waals surface area contributed by atoms with E-state index in [4.69, 9.17) is 15.4 Å². The zero-order valence-electron chi connectivity index (χ0n) is 6.28. The Labute approximate surface area is 60.4 Å². The first-order valence-electron chi connectivity index (χ1n) is 2.98. The summed E-state index contributed by atoms with van der Waals surface area (Å²) < 4.78 is 0. The molecule has 0 saturated heterocycles. The summed E-state index contributed by atoms with van der Waals surface area (Å²) in [5.41, 5.74) is 0. The molecule has 0 heterocycles. The summed E-state index contributed by atoms with van der Waals surface area (Å²) in [6.07, 6.45) is -0.908. The predicted molar refractivity (Wildman–Crippen MR) is 37.3 cm³/mol. The summed E-state index contributed by atoms with van der Waals surface area (Å²) in [7, 11) is 0. The number of nitrogens with two attached hydrogens (primary N) is 1. The van der Waals surface area contributed by atoms with Gasteiger partial charge in [-0.15, -0.1) is 0 Å². The lowest BCUT2D eigenvalue weighted by atomic mass is 10.4. The van der Waals surface area contributed by atoms with Crippen LogP contribution in [0.1, 0.15) is 13.8 Å². The third-order valence-electron chi connectivity index (χ3n) is 0.709. The van der Waals surface area contributed by atoms with Crippen molar-refractivity contribution < 1.29 is 15.4 Å². The van der Waals surface area contributed by atoms with Crippen LogP contribution < -0.4 is 11.2 Å². The first kappa shape index (κ1) is 12.5. The molecule has 0 bridgehead atoms. The molecule has 0 aliphatic rings. The van der Waals surface area contributed by atoms with Crippen molar-refractivity contribution in [2.75, 3.05) is 6.54 Å². The Morgan fingerprint density at radius 1 is 1.30 bits per heavy atom. The molecule has 5 nitrogen and oxygen atoms in total. The molecule has 2 unspecified atom stereocenters. The van der Waals surface area contributed by atoms with Gasteiger partial charge in [-0.3, -0.25) is 5.32 Å². The molecule has 0 aliphatic carbocycles. The summed E-state index contributed by atoms with van der Waals surface area (Å²) in [5, 5.41) is 26.4. The minimum Gasteiger partial charge on any atom is -0.392 e. The van der Waals surface area contributed by atoms with Gasteiger partial charge in [-0.05, 0) is 13.8 Å². The quantitative estimate of drug-likeness (QED) is 0.254. The zero-order chi connectivity index (χ0) is 8.57. The molecule has 0 aliphatic heterocycles. The fourth-order valence-electron chi connectivity index (χ4n) is 0.341. The van der Waals surface area contributed by atoms with Crippen molar-refractivity contribution in [1.82, 2.24) is 5.32 Å². The van der Waals surface area contributed by atoms with Crippen molar-refractivity contribution in [3.63, 3.8) is 0 Å². The first-order chi connectivity index (χ1) is 4.63. The van der Waals surface area contributed by atoms with E-state index in [1.54, 1.807) is 13.8 Å². The van der Waals surface area contributed by atoms with Crippen LogP contribution >= 0.6 is 0 Å². The third-order valence-corrected chi connectivity index (χ3v) is 0.709. The van der Waals surface area contributed by atoms with E-state index < -0.39 is 6.23 Å². The van der Waals surface area contributed by atoms with E-state index in [9.17, 15) is 0 Å². The Morgan fingerprint density at radius 3 is 1.80 bits per heavy atom. The summed E-state index contributed by atoms with van der Waals surface area (Å²) >= 11 is 0. The maximum atomic E-state index is 8.63. The molecular weight excluding hydrogens is 136 g/mol. The summed E-state index contributed by atoms with van der Waals surface area (Å²) in [4.78, 5) is 0. The van der Waals surface area contributed by atoms with E-state index in [2.05, 4.69) is 11.2 Å². The monoisotopic (exact) mass is 152 g/mol. The Bertz CT molecular complexity index is 50.9. The normalized spacial score (nSPS) is 15.0. The molecule has 0 fully saturated rings. The fraction of sp³-hybridized carbons (Fsp3) is 1.00. The van der Waals surface area contributed by atoms with E-state index in [1.165, 1.54) is 0 Å². The average Bonchev–Trinajstić information content (AvgIpc) is 1.89. The molecule has 64 valence electrons. The van der Waals surface area contributed by atoms with Gasteiger partial charge in [-0.2, -0.15) is 0 Å². The van der Waals surface area contributed by atoms with Crippen LogP contribution in [0.2, 0.25) is 0 Å². The predicted octanol–water partition coefficient (Wildman–Crippen LogP) is -1.37. The molecule has 0 rings (SSSR count). The second-order valence-corrected chi connectivity index (χ2v) is 1.93. The minimum absolute atomic E-state index is 0.385. The number of hydrogen-bond donors (Lipinski definition) is 5. The molecule has 0 saturated carbocycles. The highest BCUT2D eigenvalue weighted by Gasteiger charge is 1.95. The summed E-state index contributed by atoms with van der Waals surface area (Å²) in [6, 6.07) is 0. The van der Waals surface area contributed by atoms with E-state index in [0.29, 0.717) is 6.54 Å². The first-order valence-corrected chi connectivity index (χ1v) is 2.98. The Hall–Kier alpha value is -0.200. The van der Waals surface area contributed by atoms with Crippen LogP contribution in [0.15, 0.2) is 0 Å². The molecule has 0 aromatic carbocycles. The average molecular weight is 152 g/mol. The standard InChI is InChI=1S/C5H13NO2.H3NO/c1-4(7)3-6-5(2)8;1-2/h4-8H,3H2,1-2H3;2H,1H2. The van der Waals surface area contributed by atoms with Gasteiger partial charge in [0.2, 0.25) is 0 Å². The fourth-order valence-corrected chi connectivity index (χ4v) is 0.341. The summed E-state index contributed by atoms with van der Waals surface area (Å²) in [5.74, 6) is 3.50. The molecule has 2 atom stereocenters. The van der Waals surface area contributed by atoms with E-state index in [0.717, 1.165) is 0 Å². The molecule has 6 N–H and O–H groups in total. The van der Waals surface area contributed by atoms with Crippen LogP contribution in [0, 0.1) is 0 Å². The molecule has 0 aromatic rings. The highest BCUT2D eigenvalue weighted by molar-refractivity contribution is 4.51. The van der Waals surface area contributed by atoms with Crippen molar-refractivity contribution in [2.24, 2.45) is 5.90 Å². The topological polar surface area (TPSA) is 98.7 Å². The Morgan fingerprint density at radius 2 is 1.70 bits per heavy atom. The van der Waals surface area contributed by atoms with Gasteiger partial charge in [0.25, 0.3) is 0 Å². The smallest absolute Gasteiger partial charge is 0.102 e. The number of aliphatic hydroxyl groups excluding tert-OH is 2. The molecule has 0 aromatic heterocycles. The van der Waals surface area contributed by atoms with Crippen LogP contribution in [0.5, 0.6) is 0 Å². The lowest BCUT2D eigenvalue weighted by Crippen LogP contribution is -2.31. The highest BCUT2D eigenvalue weighted by atomic mass is 16.4. The molecular formula is C5H16N2O3. The van der Waals surface area contributed by atoms with Gasteiger partial charge in [-0.1, -0.05) is 0 Å². The Kier molecular flexibility index (Phi) is 11.0. The second kappa shape index (κ2) is 8.80. The highest BCUT2D eigenvalue weighted by Crippen LogP contribution is 1.76. The number of rotatable bonds is 3. The molecule has 5 heteroatoms. The van der Waals surface area contributed by atoms with Crippen LogP contribution in [0.3, 0.4) is 0 Å². The Balaban J connectivity index is 0. The van der Waals surface area contributed by atoms with Crippen LogP contribution in [-0.4, -0.2) is 34.3 Å². The van der Waals surface area contributed by atoms with Crippen molar-refractivity contribution >= 4 is 0 Å². The molecule has 10 heavy (non-hydrogen) atoms. The van der Waals surface area contributed by atoms with Crippen LogP contribution in [-0.2, 0) is 0 Å². The van der Waals surface area contributed by atoms with Crippen molar-refractivity contribution in [2.45, 2.75) is 26.2 Å². The van der Waals surface area contributed by atoms with Gasteiger partial charge in [0, 0.05) is 6.54 Å². The number of hydrogen-bond acceptors (Lipinski definition) is 5. The van der Waals surface area contributed by atoms with Gasteiger partial charge in [0.05, 0.1) is 6.10 Å². The van der Waals surface area contributed by atoms with Gasteiger partial charge >= 0.3 is 0 Å². The maximum absolute atomic E-state index is 8.63. The number of aliphatic hydroxyl groups is 2. The number of nitrogens with one attached hydrogen (secondary N) is 1. The van der Waals surface area contributed by atoms with Crippen LogP contribution in [0.25, 0.3) is 0 Å². The van der Waals surface area contributed by atoms with Gasteiger partial charge < -0.3 is 15.4 Å². The SMILES string of the molecule is CC(O)CNC(C)O.NO. The van der Waals surface area contributed by atoms with E-state index >= 15 is 0 Å². The van der Waals surface area contributed by atoms with Gasteiger partial charge in [-0.25, -0.2) is 5.90 Å². The van der Waals surface area contributed by atoms with Crippen molar-refractivity contribution in [1.29, 1.82) is 0 Å². The zero-order valence-corrected chi connectivity index (χ0v) is 6.28. The van der Waals surface area contributed by atoms with Gasteiger partial charge in [0.15, 0.2) is 0 Å². The molecule has 0 amide bonds. The lowest BCUT2D eigenvalue weighted by molar-refractivity contribution is 0.121. The summed E-state index contributed by atoms with van der Waals surface area (Å²) in [6.45, 7) is 3.72. The largest absolute Gasteiger partial charge is 0.392 e. The van der Waals surface area contributed by atoms with E-state index in [-0.39, 0.29) is 6.10 Å². The van der Waals surface area contributed by atoms with Crippen molar-refractivity contribution in [3.8, 4) is 0 Å². The van der Waals surface area contributed by atoms with Crippen molar-refractivity contribution in [3.05, 3.63) is 0 Å². The molecule has 0 spiro atoms. The van der Waals surface area contributed by atoms with Crippen LogP contribution in [0.4, 0.5) is 0 Å². The minimum atomic E-state index is -0.524. The lowest BCUT2D eigenvalue weighted by Gasteiger charge is -2.07. The maximum Gasteiger partial charge on any atom is 0.102 e.